The highest BCUT2D eigenvalue weighted by Gasteiger charge is 2.30. The van der Waals surface area contributed by atoms with Crippen LogP contribution in [0.2, 0.25) is 0 Å². The molecule has 0 heterocycles. The number of Topliss-reactive ketones (excluding diaryl/α,β-unsaturated/α-hetero) is 2. The molecule has 0 amide bonds. The Morgan fingerprint density at radius 2 is 1.71 bits per heavy atom. The molecule has 2 heteroatoms. The van der Waals surface area contributed by atoms with E-state index in [4.69, 9.17) is 0 Å². The van der Waals surface area contributed by atoms with Crippen molar-refractivity contribution in [3.05, 3.63) is 69.3 Å². The van der Waals surface area contributed by atoms with Crippen molar-refractivity contribution in [2.24, 2.45) is 0 Å². The van der Waals surface area contributed by atoms with Gasteiger partial charge in [0, 0.05) is 22.3 Å². The van der Waals surface area contributed by atoms with Gasteiger partial charge in [0.2, 0.25) is 0 Å². The molecule has 1 aromatic carbocycles. The molecule has 0 saturated carbocycles. The van der Waals surface area contributed by atoms with E-state index < -0.39 is 0 Å². The Balaban J connectivity index is 2.22. The van der Waals surface area contributed by atoms with Gasteiger partial charge in [-0.3, -0.25) is 9.59 Å². The standard InChI is InChI=1S/C22H26O2/c1-14(2)8-6-9-15(3)12-13-18-17(5)21(23)20-16(4)10-7-11-19(20)22(18)24/h7-8,10-12H,6,9,13H2,1-5H3/b15-12+. The summed E-state index contributed by atoms with van der Waals surface area (Å²) in [6.07, 6.45) is 6.83. The van der Waals surface area contributed by atoms with E-state index in [1.807, 2.05) is 19.1 Å². The van der Waals surface area contributed by atoms with Gasteiger partial charge in [0.05, 0.1) is 0 Å². The fourth-order valence-electron chi connectivity index (χ4n) is 3.03. The number of rotatable bonds is 5. The summed E-state index contributed by atoms with van der Waals surface area (Å²) in [6, 6.07) is 5.49. The Bertz CT molecular complexity index is 769. The van der Waals surface area contributed by atoms with Gasteiger partial charge in [-0.25, -0.2) is 0 Å². The monoisotopic (exact) mass is 322 g/mol. The molecule has 0 bridgehead atoms. The predicted molar refractivity (Wildman–Crippen MR) is 99.6 cm³/mol. The SMILES string of the molecule is CC(C)=CCC/C(C)=C/CC1=C(C)C(=O)c2c(C)cccc2C1=O. The second-order valence-electron chi connectivity index (χ2n) is 6.83. The van der Waals surface area contributed by atoms with Gasteiger partial charge in [-0.15, -0.1) is 0 Å². The van der Waals surface area contributed by atoms with E-state index in [2.05, 4.69) is 32.9 Å². The number of hydrogen-bond acceptors (Lipinski definition) is 2. The summed E-state index contributed by atoms with van der Waals surface area (Å²) in [5.41, 5.74) is 5.81. The second kappa shape index (κ2) is 7.57. The van der Waals surface area contributed by atoms with Crippen molar-refractivity contribution in [1.82, 2.24) is 0 Å². The zero-order valence-corrected chi connectivity index (χ0v) is 15.3. The van der Waals surface area contributed by atoms with Crippen LogP contribution in [0.25, 0.3) is 0 Å². The number of carbonyl (C=O) groups is 2. The van der Waals surface area contributed by atoms with E-state index in [0.717, 1.165) is 18.4 Å². The van der Waals surface area contributed by atoms with Gasteiger partial charge in [0.25, 0.3) is 0 Å². The third-order valence-electron chi connectivity index (χ3n) is 4.56. The van der Waals surface area contributed by atoms with E-state index in [9.17, 15) is 9.59 Å². The molecule has 0 unspecified atom stereocenters. The van der Waals surface area contributed by atoms with Crippen LogP contribution in [0.4, 0.5) is 0 Å². The van der Waals surface area contributed by atoms with Crippen molar-refractivity contribution >= 4 is 11.6 Å². The number of ketones is 2. The number of aryl methyl sites for hydroxylation is 1. The molecule has 0 radical (unpaired) electrons. The van der Waals surface area contributed by atoms with Crippen LogP contribution < -0.4 is 0 Å². The van der Waals surface area contributed by atoms with Crippen LogP contribution in [0.15, 0.2) is 52.6 Å². The molecule has 0 aromatic heterocycles. The molecule has 0 N–H and O–H groups in total. The van der Waals surface area contributed by atoms with Crippen LogP contribution in [0.5, 0.6) is 0 Å². The number of hydrogen-bond donors (Lipinski definition) is 0. The topological polar surface area (TPSA) is 34.1 Å². The van der Waals surface area contributed by atoms with Crippen LogP contribution in [0.1, 0.15) is 73.2 Å². The Kier molecular flexibility index (Phi) is 5.71. The fourth-order valence-corrected chi connectivity index (χ4v) is 3.03. The van der Waals surface area contributed by atoms with Crippen LogP contribution in [-0.4, -0.2) is 11.6 Å². The third-order valence-corrected chi connectivity index (χ3v) is 4.56. The minimum Gasteiger partial charge on any atom is -0.289 e. The molecule has 0 atom stereocenters. The largest absolute Gasteiger partial charge is 0.289 e. The summed E-state index contributed by atoms with van der Waals surface area (Å²) in [6.45, 7) is 9.94. The first-order valence-corrected chi connectivity index (χ1v) is 8.50. The molecule has 0 fully saturated rings. The van der Waals surface area contributed by atoms with Gasteiger partial charge in [0.1, 0.15) is 0 Å². The van der Waals surface area contributed by atoms with Crippen molar-refractivity contribution in [1.29, 1.82) is 0 Å². The van der Waals surface area contributed by atoms with Crippen molar-refractivity contribution in [2.75, 3.05) is 0 Å². The van der Waals surface area contributed by atoms with Crippen LogP contribution >= 0.6 is 0 Å². The molecule has 2 nitrogen and oxygen atoms in total. The first-order valence-electron chi connectivity index (χ1n) is 8.50. The molecule has 1 aliphatic carbocycles. The van der Waals surface area contributed by atoms with Gasteiger partial charge in [-0.05, 0) is 59.4 Å². The summed E-state index contributed by atoms with van der Waals surface area (Å²) < 4.78 is 0. The lowest BCUT2D eigenvalue weighted by Crippen LogP contribution is -2.21. The Morgan fingerprint density at radius 3 is 2.38 bits per heavy atom. The minimum absolute atomic E-state index is 0.000788. The maximum absolute atomic E-state index is 12.8. The number of carbonyl (C=O) groups excluding carboxylic acids is 2. The summed E-state index contributed by atoms with van der Waals surface area (Å²) in [4.78, 5) is 25.4. The van der Waals surface area contributed by atoms with Crippen LogP contribution in [0, 0.1) is 6.92 Å². The van der Waals surface area contributed by atoms with Crippen molar-refractivity contribution in [2.45, 2.75) is 53.9 Å². The molecular weight excluding hydrogens is 296 g/mol. The molecule has 0 aliphatic heterocycles. The van der Waals surface area contributed by atoms with Gasteiger partial charge >= 0.3 is 0 Å². The molecule has 0 saturated heterocycles. The zero-order chi connectivity index (χ0) is 17.9. The summed E-state index contributed by atoms with van der Waals surface area (Å²) in [5.74, 6) is -0.00700. The van der Waals surface area contributed by atoms with Gasteiger partial charge in [-0.2, -0.15) is 0 Å². The van der Waals surface area contributed by atoms with E-state index in [-0.39, 0.29) is 11.6 Å². The van der Waals surface area contributed by atoms with Gasteiger partial charge < -0.3 is 0 Å². The average Bonchev–Trinajstić information content (AvgIpc) is 2.52. The van der Waals surface area contributed by atoms with Crippen LogP contribution in [-0.2, 0) is 0 Å². The number of allylic oxidation sites excluding steroid dienone is 6. The van der Waals surface area contributed by atoms with Crippen molar-refractivity contribution in [3.8, 4) is 0 Å². The smallest absolute Gasteiger partial charge is 0.190 e. The van der Waals surface area contributed by atoms with Gasteiger partial charge in [0.15, 0.2) is 11.6 Å². The lowest BCUT2D eigenvalue weighted by molar-refractivity contribution is 0.0972. The maximum atomic E-state index is 12.8. The van der Waals surface area contributed by atoms with E-state index in [1.54, 1.807) is 13.0 Å². The normalized spacial score (nSPS) is 14.8. The second-order valence-corrected chi connectivity index (χ2v) is 6.83. The highest BCUT2D eigenvalue weighted by Crippen LogP contribution is 2.30. The lowest BCUT2D eigenvalue weighted by atomic mass is 9.81. The Hall–Kier alpha value is -2.22. The maximum Gasteiger partial charge on any atom is 0.190 e. The molecule has 1 aliphatic rings. The molecule has 0 spiro atoms. The summed E-state index contributed by atoms with van der Waals surface area (Å²) in [7, 11) is 0. The lowest BCUT2D eigenvalue weighted by Gasteiger charge is -2.20. The van der Waals surface area contributed by atoms with Crippen molar-refractivity contribution in [3.63, 3.8) is 0 Å². The third kappa shape index (κ3) is 3.81. The molecule has 126 valence electrons. The average molecular weight is 322 g/mol. The highest BCUT2D eigenvalue weighted by atomic mass is 16.1. The van der Waals surface area contributed by atoms with E-state index in [1.165, 1.54) is 11.1 Å². The number of benzene rings is 1. The first-order chi connectivity index (χ1) is 11.3. The van der Waals surface area contributed by atoms with Gasteiger partial charge in [-0.1, -0.05) is 41.5 Å². The molecule has 24 heavy (non-hydrogen) atoms. The van der Waals surface area contributed by atoms with Crippen LogP contribution in [0.3, 0.4) is 0 Å². The number of fused-ring (bicyclic) bond motifs is 1. The Morgan fingerprint density at radius 1 is 1.00 bits per heavy atom. The zero-order valence-electron chi connectivity index (χ0n) is 15.3. The summed E-state index contributed by atoms with van der Waals surface area (Å²) in [5, 5.41) is 0. The molecular formula is C22H26O2. The highest BCUT2D eigenvalue weighted by molar-refractivity contribution is 6.27. The predicted octanol–water partition coefficient (Wildman–Crippen LogP) is 5.77. The summed E-state index contributed by atoms with van der Waals surface area (Å²) >= 11 is 0. The van der Waals surface area contributed by atoms with Crippen molar-refractivity contribution < 1.29 is 9.59 Å². The fraction of sp³-hybridized carbons (Fsp3) is 0.364. The first kappa shape index (κ1) is 18.1. The molecule has 2 rings (SSSR count). The van der Waals surface area contributed by atoms with E-state index in [0.29, 0.717) is 28.7 Å². The van der Waals surface area contributed by atoms with E-state index >= 15 is 0 Å². The molecule has 1 aromatic rings. The quantitative estimate of drug-likeness (QED) is 0.645. The minimum atomic E-state index is -0.00621. The Labute approximate surface area is 145 Å².